The zero-order valence-electron chi connectivity index (χ0n) is 8.46. The molecule has 0 radical (unpaired) electrons. The van der Waals surface area contributed by atoms with E-state index in [4.69, 9.17) is 11.0 Å². The van der Waals surface area contributed by atoms with Crippen LogP contribution in [0.25, 0.3) is 0 Å². The monoisotopic (exact) mass is 228 g/mol. The third kappa shape index (κ3) is 3.55. The summed E-state index contributed by atoms with van der Waals surface area (Å²) in [5.74, 6) is 0. The lowest BCUT2D eigenvalue weighted by atomic mass is 9.98. The Balaban J connectivity index is 2.74. The second-order valence-electron chi connectivity index (χ2n) is 3.46. The van der Waals surface area contributed by atoms with Gasteiger partial charge < -0.3 is 5.73 Å². The van der Waals surface area contributed by atoms with E-state index in [0.717, 1.165) is 0 Å². The molecule has 5 heteroatoms. The molecular weight excluding hydrogens is 217 g/mol. The van der Waals surface area contributed by atoms with E-state index < -0.39 is 18.6 Å². The van der Waals surface area contributed by atoms with Crippen molar-refractivity contribution in [2.45, 2.75) is 25.1 Å². The molecule has 0 bridgehead atoms. The Morgan fingerprint density at radius 2 is 1.94 bits per heavy atom. The highest BCUT2D eigenvalue weighted by atomic mass is 19.4. The van der Waals surface area contributed by atoms with Crippen LogP contribution >= 0.6 is 0 Å². The van der Waals surface area contributed by atoms with Gasteiger partial charge in [0.15, 0.2) is 0 Å². The maximum Gasteiger partial charge on any atom is 0.389 e. The molecule has 86 valence electrons. The van der Waals surface area contributed by atoms with Gasteiger partial charge in [-0.05, 0) is 18.1 Å². The average Bonchev–Trinajstić information content (AvgIpc) is 2.25. The fourth-order valence-corrected chi connectivity index (χ4v) is 1.40. The van der Waals surface area contributed by atoms with Crippen LogP contribution in [0.2, 0.25) is 0 Å². The zero-order valence-corrected chi connectivity index (χ0v) is 8.46. The number of nitrogens with two attached hydrogens (primary N) is 1. The molecule has 0 aliphatic heterocycles. The standard InChI is InChI=1S/C11H11F3N2/c12-11(13,14)6-5-10(16)9-4-2-1-3-8(9)7-15/h1-4,10H,5-6,16H2/t10-/m0/s1. The van der Waals surface area contributed by atoms with Crippen molar-refractivity contribution in [2.75, 3.05) is 0 Å². The molecule has 0 aliphatic rings. The lowest BCUT2D eigenvalue weighted by Crippen LogP contribution is -2.16. The molecular formula is C11H11F3N2. The number of hydrogen-bond donors (Lipinski definition) is 1. The summed E-state index contributed by atoms with van der Waals surface area (Å²) in [5.41, 5.74) is 6.43. The van der Waals surface area contributed by atoms with Crippen molar-refractivity contribution in [3.05, 3.63) is 35.4 Å². The van der Waals surface area contributed by atoms with Crippen molar-refractivity contribution in [2.24, 2.45) is 5.73 Å². The molecule has 0 saturated carbocycles. The SMILES string of the molecule is N#Cc1ccccc1[C@@H](N)CCC(F)(F)F. The van der Waals surface area contributed by atoms with Crippen molar-refractivity contribution in [3.8, 4) is 6.07 Å². The molecule has 0 aliphatic carbocycles. The first-order valence-electron chi connectivity index (χ1n) is 4.75. The molecule has 16 heavy (non-hydrogen) atoms. The van der Waals surface area contributed by atoms with Gasteiger partial charge >= 0.3 is 6.18 Å². The van der Waals surface area contributed by atoms with Gasteiger partial charge in [0.05, 0.1) is 11.6 Å². The van der Waals surface area contributed by atoms with Gasteiger partial charge in [0, 0.05) is 12.5 Å². The van der Waals surface area contributed by atoms with E-state index in [-0.39, 0.29) is 6.42 Å². The molecule has 0 amide bonds. The van der Waals surface area contributed by atoms with E-state index in [1.807, 2.05) is 6.07 Å². The average molecular weight is 228 g/mol. The van der Waals surface area contributed by atoms with Gasteiger partial charge in [0.2, 0.25) is 0 Å². The Labute approximate surface area is 91.5 Å². The summed E-state index contributed by atoms with van der Waals surface area (Å²) in [6, 6.07) is 7.60. The van der Waals surface area contributed by atoms with Crippen molar-refractivity contribution in [1.29, 1.82) is 5.26 Å². The summed E-state index contributed by atoms with van der Waals surface area (Å²) in [7, 11) is 0. The number of alkyl halides is 3. The van der Waals surface area contributed by atoms with Gasteiger partial charge in [-0.3, -0.25) is 0 Å². The number of hydrogen-bond acceptors (Lipinski definition) is 2. The molecule has 1 atom stereocenters. The third-order valence-corrected chi connectivity index (χ3v) is 2.22. The molecule has 0 fully saturated rings. The predicted molar refractivity (Wildman–Crippen MR) is 53.4 cm³/mol. The first-order chi connectivity index (χ1) is 7.44. The van der Waals surface area contributed by atoms with Crippen LogP contribution in [-0.4, -0.2) is 6.18 Å². The molecule has 2 N–H and O–H groups in total. The Hall–Kier alpha value is -1.54. The van der Waals surface area contributed by atoms with Crippen molar-refractivity contribution >= 4 is 0 Å². The van der Waals surface area contributed by atoms with E-state index in [0.29, 0.717) is 11.1 Å². The quantitative estimate of drug-likeness (QED) is 0.864. The normalized spacial score (nSPS) is 13.2. The number of nitrogens with zero attached hydrogens (tertiary/aromatic N) is 1. The molecule has 0 saturated heterocycles. The predicted octanol–water partition coefficient (Wildman–Crippen LogP) is 2.90. The highest BCUT2D eigenvalue weighted by Gasteiger charge is 2.28. The number of benzene rings is 1. The molecule has 1 aromatic rings. The fourth-order valence-electron chi connectivity index (χ4n) is 1.40. The first kappa shape index (κ1) is 12.5. The highest BCUT2D eigenvalue weighted by Crippen LogP contribution is 2.27. The largest absolute Gasteiger partial charge is 0.389 e. The van der Waals surface area contributed by atoms with Crippen LogP contribution in [0.4, 0.5) is 13.2 Å². The number of nitriles is 1. The lowest BCUT2D eigenvalue weighted by molar-refractivity contribution is -0.136. The maximum absolute atomic E-state index is 12.0. The summed E-state index contributed by atoms with van der Waals surface area (Å²) in [6.45, 7) is 0. The summed E-state index contributed by atoms with van der Waals surface area (Å²) in [4.78, 5) is 0. The van der Waals surface area contributed by atoms with Gasteiger partial charge in [0.25, 0.3) is 0 Å². The van der Waals surface area contributed by atoms with Crippen LogP contribution in [0.15, 0.2) is 24.3 Å². The second-order valence-corrected chi connectivity index (χ2v) is 3.46. The second kappa shape index (κ2) is 4.99. The van der Waals surface area contributed by atoms with Gasteiger partial charge in [-0.2, -0.15) is 18.4 Å². The zero-order chi connectivity index (χ0) is 12.2. The highest BCUT2D eigenvalue weighted by molar-refractivity contribution is 5.39. The molecule has 0 unspecified atom stereocenters. The Bertz CT molecular complexity index is 393. The first-order valence-corrected chi connectivity index (χ1v) is 4.75. The number of rotatable bonds is 3. The van der Waals surface area contributed by atoms with E-state index in [2.05, 4.69) is 0 Å². The van der Waals surface area contributed by atoms with Crippen LogP contribution in [0.5, 0.6) is 0 Å². The van der Waals surface area contributed by atoms with E-state index in [9.17, 15) is 13.2 Å². The van der Waals surface area contributed by atoms with Crippen LogP contribution in [-0.2, 0) is 0 Å². The topological polar surface area (TPSA) is 49.8 Å². The molecule has 0 spiro atoms. The Kier molecular flexibility index (Phi) is 3.91. The molecule has 0 heterocycles. The summed E-state index contributed by atoms with van der Waals surface area (Å²) in [5, 5.41) is 8.77. The maximum atomic E-state index is 12.0. The van der Waals surface area contributed by atoms with Crippen LogP contribution in [0, 0.1) is 11.3 Å². The minimum atomic E-state index is -4.21. The van der Waals surface area contributed by atoms with E-state index in [1.54, 1.807) is 24.3 Å². The summed E-state index contributed by atoms with van der Waals surface area (Å²) >= 11 is 0. The van der Waals surface area contributed by atoms with Crippen molar-refractivity contribution in [1.82, 2.24) is 0 Å². The smallest absolute Gasteiger partial charge is 0.324 e. The van der Waals surface area contributed by atoms with E-state index in [1.165, 1.54) is 0 Å². The third-order valence-electron chi connectivity index (χ3n) is 2.22. The fraction of sp³-hybridized carbons (Fsp3) is 0.364. The van der Waals surface area contributed by atoms with Gasteiger partial charge in [0.1, 0.15) is 0 Å². The Morgan fingerprint density at radius 1 is 1.31 bits per heavy atom. The van der Waals surface area contributed by atoms with E-state index >= 15 is 0 Å². The minimum absolute atomic E-state index is 0.206. The van der Waals surface area contributed by atoms with Gasteiger partial charge in [-0.25, -0.2) is 0 Å². The van der Waals surface area contributed by atoms with Gasteiger partial charge in [-0.15, -0.1) is 0 Å². The molecule has 0 aromatic heterocycles. The van der Waals surface area contributed by atoms with Crippen LogP contribution in [0.3, 0.4) is 0 Å². The minimum Gasteiger partial charge on any atom is -0.324 e. The summed E-state index contributed by atoms with van der Waals surface area (Å²) < 4.78 is 36.0. The Morgan fingerprint density at radius 3 is 2.50 bits per heavy atom. The van der Waals surface area contributed by atoms with Crippen LogP contribution < -0.4 is 5.73 Å². The number of halogens is 3. The van der Waals surface area contributed by atoms with Crippen molar-refractivity contribution < 1.29 is 13.2 Å². The van der Waals surface area contributed by atoms with Gasteiger partial charge in [-0.1, -0.05) is 18.2 Å². The molecule has 2 nitrogen and oxygen atoms in total. The molecule has 1 rings (SSSR count). The van der Waals surface area contributed by atoms with Crippen LogP contribution in [0.1, 0.15) is 30.0 Å². The lowest BCUT2D eigenvalue weighted by Gasteiger charge is -2.14. The molecule has 1 aromatic carbocycles. The van der Waals surface area contributed by atoms with Crippen molar-refractivity contribution in [3.63, 3.8) is 0 Å². The summed E-state index contributed by atoms with van der Waals surface area (Å²) in [6.07, 6.45) is -5.35.